The van der Waals surface area contributed by atoms with Crippen molar-refractivity contribution in [1.82, 2.24) is 0 Å². The third kappa shape index (κ3) is 45.8. The predicted octanol–water partition coefficient (Wildman–Crippen LogP) is 14.4. The minimum atomic E-state index is -4.76. The van der Waals surface area contributed by atoms with Gasteiger partial charge in [0, 0.05) is 19.3 Å². The van der Waals surface area contributed by atoms with Crippen LogP contribution in [-0.4, -0.2) is 66.5 Å². The number of phosphoric ester groups is 1. The first-order valence-electron chi connectivity index (χ1n) is 25.5. The Balaban J connectivity index is 4.84. The first-order valence-corrected chi connectivity index (χ1v) is 27.0. The molecule has 0 radical (unpaired) electrons. The molecule has 0 bridgehead atoms. The van der Waals surface area contributed by atoms with Crippen LogP contribution < -0.4 is 0 Å². The standard InChI is InChI=1S/C54H91O11P/c1-4-7-10-13-16-19-22-24-25-27-29-31-34-37-40-43-52(56)61-47-51(65-54(58)45-42-39-36-33-30-26-23-20-17-14-11-8-5-2)49-63-66(59,60)62-48-50(46-55)64-53(57)44-41-38-35-32-28-21-18-15-12-9-6-3/h7,10-11,14-16,18-20,23-25,29,31,50-51,55H,4-6,8-9,12-13,17,21-22,26-28,30,32-49H2,1-3H3,(H,59,60)/b10-7-,14-11-,18-15-,19-16-,23-20-,25-24-,31-29-. The second-order valence-corrected chi connectivity index (χ2v) is 18.0. The average molecular weight is 947 g/mol. The van der Waals surface area contributed by atoms with Crippen molar-refractivity contribution in [2.24, 2.45) is 0 Å². The van der Waals surface area contributed by atoms with E-state index in [0.717, 1.165) is 128 Å². The molecule has 0 fully saturated rings. The Bertz CT molecular complexity index is 1430. The molecule has 0 aliphatic rings. The lowest BCUT2D eigenvalue weighted by Gasteiger charge is -2.21. The second kappa shape index (κ2) is 48.1. The summed E-state index contributed by atoms with van der Waals surface area (Å²) in [5.74, 6) is -1.55. The van der Waals surface area contributed by atoms with Crippen LogP contribution in [0.5, 0.6) is 0 Å². The fourth-order valence-corrected chi connectivity index (χ4v) is 7.15. The molecule has 3 unspecified atom stereocenters. The van der Waals surface area contributed by atoms with Crippen molar-refractivity contribution in [2.45, 2.75) is 213 Å². The molecule has 12 heteroatoms. The molecule has 3 atom stereocenters. The Hall–Kier alpha value is -3.34. The SMILES string of the molecule is CC/C=C\C/C=C\C/C=C\C/C=C\CCCCC(=O)OCC(COP(=O)(O)OCC(CO)OC(=O)CCCCCCC/C=C\CCCC)OC(=O)CCCCCCC/C=C\C/C=C\CCC. The third-order valence-corrected chi connectivity index (χ3v) is 11.2. The molecule has 0 spiro atoms. The summed E-state index contributed by atoms with van der Waals surface area (Å²) in [5, 5.41) is 9.75. The van der Waals surface area contributed by atoms with E-state index in [2.05, 4.69) is 106 Å². The van der Waals surface area contributed by atoms with Crippen molar-refractivity contribution < 1.29 is 52.2 Å². The quantitative estimate of drug-likeness (QED) is 0.0197. The zero-order chi connectivity index (χ0) is 48.4. The van der Waals surface area contributed by atoms with Gasteiger partial charge in [0.15, 0.2) is 6.10 Å². The van der Waals surface area contributed by atoms with E-state index in [1.165, 1.54) is 12.8 Å². The maximum Gasteiger partial charge on any atom is 0.472 e. The van der Waals surface area contributed by atoms with Crippen LogP contribution in [0.25, 0.3) is 0 Å². The normalized spacial score (nSPS) is 14.2. The monoisotopic (exact) mass is 947 g/mol. The van der Waals surface area contributed by atoms with Crippen LogP contribution in [0.1, 0.15) is 201 Å². The van der Waals surface area contributed by atoms with Gasteiger partial charge in [-0.1, -0.05) is 164 Å². The van der Waals surface area contributed by atoms with E-state index in [9.17, 15) is 28.9 Å². The maximum atomic E-state index is 12.8. The van der Waals surface area contributed by atoms with E-state index in [4.69, 9.17) is 23.3 Å². The number of hydrogen-bond acceptors (Lipinski definition) is 10. The summed E-state index contributed by atoms with van der Waals surface area (Å²) in [5.41, 5.74) is 0. The number of unbranched alkanes of at least 4 members (excludes halogenated alkanes) is 15. The van der Waals surface area contributed by atoms with Gasteiger partial charge in [0.05, 0.1) is 19.8 Å². The van der Waals surface area contributed by atoms with Crippen LogP contribution in [0.2, 0.25) is 0 Å². The molecule has 0 aliphatic carbocycles. The van der Waals surface area contributed by atoms with Gasteiger partial charge in [0.25, 0.3) is 0 Å². The van der Waals surface area contributed by atoms with Gasteiger partial charge in [-0.25, -0.2) is 4.57 Å². The highest BCUT2D eigenvalue weighted by Gasteiger charge is 2.28. The number of aliphatic hydroxyl groups is 1. The summed E-state index contributed by atoms with van der Waals surface area (Å²) in [7, 11) is -4.76. The van der Waals surface area contributed by atoms with Crippen LogP contribution in [0.3, 0.4) is 0 Å². The van der Waals surface area contributed by atoms with E-state index in [0.29, 0.717) is 19.3 Å². The van der Waals surface area contributed by atoms with Crippen molar-refractivity contribution in [1.29, 1.82) is 0 Å². The number of ether oxygens (including phenoxy) is 3. The molecule has 0 aliphatic heterocycles. The number of allylic oxidation sites excluding steroid dienone is 14. The molecule has 0 aromatic carbocycles. The molecule has 0 heterocycles. The molecule has 0 rings (SSSR count). The summed E-state index contributed by atoms with van der Waals surface area (Å²) in [4.78, 5) is 48.2. The van der Waals surface area contributed by atoms with E-state index in [1.54, 1.807) is 0 Å². The molecule has 2 N–H and O–H groups in total. The van der Waals surface area contributed by atoms with Crippen LogP contribution in [0.15, 0.2) is 85.1 Å². The van der Waals surface area contributed by atoms with Crippen molar-refractivity contribution in [3.05, 3.63) is 85.1 Å². The smallest absolute Gasteiger partial charge is 0.462 e. The molecular weight excluding hydrogens is 856 g/mol. The molecule has 378 valence electrons. The summed E-state index contributed by atoms with van der Waals surface area (Å²) in [6.45, 7) is 4.32. The fraction of sp³-hybridized carbons (Fsp3) is 0.685. The number of esters is 3. The average Bonchev–Trinajstić information content (AvgIpc) is 3.30. The maximum absolute atomic E-state index is 12.8. The Labute approximate surface area is 400 Å². The molecule has 0 aromatic heterocycles. The summed E-state index contributed by atoms with van der Waals surface area (Å²) >= 11 is 0. The van der Waals surface area contributed by atoms with Crippen molar-refractivity contribution >= 4 is 25.7 Å². The van der Waals surface area contributed by atoms with Gasteiger partial charge in [-0.15, -0.1) is 0 Å². The Morgan fingerprint density at radius 2 is 0.818 bits per heavy atom. The van der Waals surface area contributed by atoms with Gasteiger partial charge < -0.3 is 24.2 Å². The van der Waals surface area contributed by atoms with E-state index in [1.807, 2.05) is 0 Å². The topological polar surface area (TPSA) is 155 Å². The van der Waals surface area contributed by atoms with E-state index < -0.39 is 57.8 Å². The van der Waals surface area contributed by atoms with Gasteiger partial charge in [0.2, 0.25) is 0 Å². The van der Waals surface area contributed by atoms with Crippen LogP contribution in [0, 0.1) is 0 Å². The first kappa shape index (κ1) is 62.7. The van der Waals surface area contributed by atoms with Crippen LogP contribution in [-0.2, 0) is 42.2 Å². The zero-order valence-electron chi connectivity index (χ0n) is 41.4. The highest BCUT2D eigenvalue weighted by molar-refractivity contribution is 7.47. The van der Waals surface area contributed by atoms with Gasteiger partial charge in [-0.2, -0.15) is 0 Å². The number of hydrogen-bond donors (Lipinski definition) is 2. The van der Waals surface area contributed by atoms with E-state index >= 15 is 0 Å². The lowest BCUT2D eigenvalue weighted by Crippen LogP contribution is -2.30. The molecule has 66 heavy (non-hydrogen) atoms. The molecule has 0 aromatic rings. The largest absolute Gasteiger partial charge is 0.472 e. The fourth-order valence-electron chi connectivity index (χ4n) is 6.36. The Morgan fingerprint density at radius 3 is 1.32 bits per heavy atom. The summed E-state index contributed by atoms with van der Waals surface area (Å²) in [6.07, 6.45) is 52.7. The minimum absolute atomic E-state index is 0.138. The molecule has 0 amide bonds. The van der Waals surface area contributed by atoms with Crippen molar-refractivity contribution in [3.63, 3.8) is 0 Å². The third-order valence-electron chi connectivity index (χ3n) is 10.3. The van der Waals surface area contributed by atoms with Crippen molar-refractivity contribution in [3.8, 4) is 0 Å². The lowest BCUT2D eigenvalue weighted by atomic mass is 10.1. The van der Waals surface area contributed by atoms with Crippen LogP contribution >= 0.6 is 7.82 Å². The van der Waals surface area contributed by atoms with Crippen LogP contribution in [0.4, 0.5) is 0 Å². The second-order valence-electron chi connectivity index (χ2n) is 16.6. The predicted molar refractivity (Wildman–Crippen MR) is 270 cm³/mol. The summed E-state index contributed by atoms with van der Waals surface area (Å²) in [6, 6.07) is 0. The number of phosphoric acid groups is 1. The number of aliphatic hydroxyl groups excluding tert-OH is 1. The number of carbonyl (C=O) groups excluding carboxylic acids is 3. The zero-order valence-corrected chi connectivity index (χ0v) is 42.3. The van der Waals surface area contributed by atoms with Gasteiger partial charge >= 0.3 is 25.7 Å². The number of carbonyl (C=O) groups is 3. The van der Waals surface area contributed by atoms with E-state index in [-0.39, 0.29) is 25.9 Å². The molecule has 0 saturated heterocycles. The first-order chi connectivity index (χ1) is 32.2. The lowest BCUT2D eigenvalue weighted by molar-refractivity contribution is -0.161. The Morgan fingerprint density at radius 1 is 0.439 bits per heavy atom. The van der Waals surface area contributed by atoms with Gasteiger partial charge in [-0.05, 0) is 103 Å². The Kier molecular flexibility index (Phi) is 45.7. The number of rotatable bonds is 46. The molecular formula is C54H91O11P. The molecule has 11 nitrogen and oxygen atoms in total. The summed E-state index contributed by atoms with van der Waals surface area (Å²) < 4.78 is 39.2. The van der Waals surface area contributed by atoms with Crippen molar-refractivity contribution in [2.75, 3.05) is 26.4 Å². The van der Waals surface area contributed by atoms with Gasteiger partial charge in [0.1, 0.15) is 12.7 Å². The molecule has 0 saturated carbocycles. The highest BCUT2D eigenvalue weighted by atomic mass is 31.2. The van der Waals surface area contributed by atoms with Gasteiger partial charge in [-0.3, -0.25) is 23.4 Å². The highest BCUT2D eigenvalue weighted by Crippen LogP contribution is 2.43. The minimum Gasteiger partial charge on any atom is -0.462 e.